The zero-order valence-corrected chi connectivity index (χ0v) is 19.2. The summed E-state index contributed by atoms with van der Waals surface area (Å²) in [6.07, 6.45) is 0. The van der Waals surface area contributed by atoms with Crippen molar-refractivity contribution in [1.82, 2.24) is 4.98 Å². The van der Waals surface area contributed by atoms with Gasteiger partial charge in [-0.05, 0) is 37.3 Å². The second-order valence-electron chi connectivity index (χ2n) is 6.77. The number of anilines is 1. The van der Waals surface area contributed by atoms with Crippen LogP contribution in [0.3, 0.4) is 0 Å². The maximum Gasteiger partial charge on any atom is 0.265 e. The van der Waals surface area contributed by atoms with Crippen molar-refractivity contribution in [3.05, 3.63) is 82.7 Å². The summed E-state index contributed by atoms with van der Waals surface area (Å²) in [6, 6.07) is 21.6. The van der Waals surface area contributed by atoms with E-state index in [2.05, 4.69) is 4.72 Å². The fourth-order valence-electron chi connectivity index (χ4n) is 3.14. The standard InChI is InChI=1S/C23H19ClN2O3S2/c1-15-22(25-23(30-15)17-6-4-3-5-7-17)16-8-11-19(12-9-16)26-31(27,28)21-14-18(24)10-13-20(21)29-2/h3-14,26H,1-2H3. The van der Waals surface area contributed by atoms with Crippen LogP contribution in [-0.4, -0.2) is 20.5 Å². The van der Waals surface area contributed by atoms with Gasteiger partial charge < -0.3 is 4.74 Å². The fraction of sp³-hybridized carbons (Fsp3) is 0.0870. The molecule has 158 valence electrons. The second kappa shape index (κ2) is 8.70. The smallest absolute Gasteiger partial charge is 0.265 e. The van der Waals surface area contributed by atoms with Gasteiger partial charge in [0.25, 0.3) is 10.0 Å². The molecule has 1 N–H and O–H groups in total. The van der Waals surface area contributed by atoms with Crippen LogP contribution in [0.5, 0.6) is 5.75 Å². The number of aromatic nitrogens is 1. The molecule has 1 aromatic heterocycles. The first-order valence-corrected chi connectivity index (χ1v) is 12.0. The normalized spacial score (nSPS) is 11.3. The summed E-state index contributed by atoms with van der Waals surface area (Å²) >= 11 is 7.61. The minimum Gasteiger partial charge on any atom is -0.495 e. The number of hydrogen-bond donors (Lipinski definition) is 1. The molecule has 8 heteroatoms. The Morgan fingerprint density at radius 2 is 1.68 bits per heavy atom. The lowest BCUT2D eigenvalue weighted by Crippen LogP contribution is -2.14. The van der Waals surface area contributed by atoms with Gasteiger partial charge in [-0.3, -0.25) is 4.72 Å². The van der Waals surface area contributed by atoms with E-state index in [1.807, 2.05) is 49.4 Å². The highest BCUT2D eigenvalue weighted by atomic mass is 35.5. The van der Waals surface area contributed by atoms with E-state index in [0.29, 0.717) is 10.7 Å². The lowest BCUT2D eigenvalue weighted by molar-refractivity contribution is 0.403. The summed E-state index contributed by atoms with van der Waals surface area (Å²) in [4.78, 5) is 5.86. The number of sulfonamides is 1. The number of aryl methyl sites for hydroxylation is 1. The third-order valence-electron chi connectivity index (χ3n) is 4.64. The molecule has 0 unspecified atom stereocenters. The molecule has 4 aromatic rings. The summed E-state index contributed by atoms with van der Waals surface area (Å²) in [7, 11) is -2.46. The topological polar surface area (TPSA) is 68.3 Å². The van der Waals surface area contributed by atoms with Gasteiger partial charge in [0, 0.05) is 26.7 Å². The molecule has 0 saturated carbocycles. The molecule has 4 rings (SSSR count). The van der Waals surface area contributed by atoms with Gasteiger partial charge in [-0.1, -0.05) is 54.1 Å². The molecule has 0 aliphatic carbocycles. The highest BCUT2D eigenvalue weighted by Gasteiger charge is 2.20. The van der Waals surface area contributed by atoms with Gasteiger partial charge in [-0.15, -0.1) is 11.3 Å². The number of benzene rings is 3. The van der Waals surface area contributed by atoms with Gasteiger partial charge in [-0.25, -0.2) is 13.4 Å². The molecule has 3 aromatic carbocycles. The highest BCUT2D eigenvalue weighted by molar-refractivity contribution is 7.92. The van der Waals surface area contributed by atoms with Crippen molar-refractivity contribution >= 4 is 38.6 Å². The Balaban J connectivity index is 1.60. The van der Waals surface area contributed by atoms with Crippen LogP contribution in [0.2, 0.25) is 5.02 Å². The zero-order valence-electron chi connectivity index (χ0n) is 16.8. The number of nitrogens with zero attached hydrogens (tertiary/aromatic N) is 1. The van der Waals surface area contributed by atoms with E-state index in [0.717, 1.165) is 26.7 Å². The van der Waals surface area contributed by atoms with Crippen LogP contribution in [0.15, 0.2) is 77.7 Å². The Morgan fingerprint density at radius 1 is 0.968 bits per heavy atom. The third-order valence-corrected chi connectivity index (χ3v) is 7.30. The van der Waals surface area contributed by atoms with Gasteiger partial charge in [0.1, 0.15) is 15.7 Å². The first kappa shape index (κ1) is 21.4. The lowest BCUT2D eigenvalue weighted by Gasteiger charge is -2.12. The monoisotopic (exact) mass is 470 g/mol. The van der Waals surface area contributed by atoms with Crippen molar-refractivity contribution < 1.29 is 13.2 Å². The summed E-state index contributed by atoms with van der Waals surface area (Å²) in [6.45, 7) is 2.03. The number of methoxy groups -OCH3 is 1. The van der Waals surface area contributed by atoms with Crippen LogP contribution in [0.1, 0.15) is 4.88 Å². The molecule has 0 fully saturated rings. The molecular weight excluding hydrogens is 452 g/mol. The Kier molecular flexibility index (Phi) is 6.00. The van der Waals surface area contributed by atoms with E-state index in [-0.39, 0.29) is 10.6 Å². The molecular formula is C23H19ClN2O3S2. The van der Waals surface area contributed by atoms with E-state index >= 15 is 0 Å². The quantitative estimate of drug-likeness (QED) is 0.361. The largest absolute Gasteiger partial charge is 0.495 e. The third kappa shape index (κ3) is 4.58. The van der Waals surface area contributed by atoms with E-state index in [4.69, 9.17) is 21.3 Å². The van der Waals surface area contributed by atoms with Crippen LogP contribution in [0.25, 0.3) is 21.8 Å². The van der Waals surface area contributed by atoms with Gasteiger partial charge >= 0.3 is 0 Å². The van der Waals surface area contributed by atoms with Crippen molar-refractivity contribution in [1.29, 1.82) is 0 Å². The first-order valence-electron chi connectivity index (χ1n) is 9.37. The number of hydrogen-bond acceptors (Lipinski definition) is 5. The number of nitrogens with one attached hydrogen (secondary N) is 1. The minimum absolute atomic E-state index is 0.0191. The van der Waals surface area contributed by atoms with E-state index in [9.17, 15) is 8.42 Å². The number of rotatable bonds is 6. The van der Waals surface area contributed by atoms with Crippen LogP contribution in [0, 0.1) is 6.92 Å². The van der Waals surface area contributed by atoms with Gasteiger partial charge in [-0.2, -0.15) is 0 Å². The summed E-state index contributed by atoms with van der Waals surface area (Å²) < 4.78 is 33.4. The Hall–Kier alpha value is -2.87. The molecule has 1 heterocycles. The lowest BCUT2D eigenvalue weighted by atomic mass is 10.1. The minimum atomic E-state index is -3.87. The average molecular weight is 471 g/mol. The van der Waals surface area contributed by atoms with Crippen molar-refractivity contribution in [2.75, 3.05) is 11.8 Å². The van der Waals surface area contributed by atoms with Crippen LogP contribution < -0.4 is 9.46 Å². The SMILES string of the molecule is COc1ccc(Cl)cc1S(=O)(=O)Nc1ccc(-c2nc(-c3ccccc3)sc2C)cc1. The predicted octanol–water partition coefficient (Wildman–Crippen LogP) is 6.25. The summed E-state index contributed by atoms with van der Waals surface area (Å²) in [5, 5.41) is 1.26. The van der Waals surface area contributed by atoms with Crippen LogP contribution >= 0.6 is 22.9 Å². The predicted molar refractivity (Wildman–Crippen MR) is 127 cm³/mol. The Labute approximate surface area is 190 Å². The Morgan fingerprint density at radius 3 is 2.35 bits per heavy atom. The van der Waals surface area contributed by atoms with Crippen molar-refractivity contribution in [2.24, 2.45) is 0 Å². The maximum absolute atomic E-state index is 12.8. The number of thiazole rings is 1. The molecule has 0 atom stereocenters. The molecule has 0 spiro atoms. The molecule has 31 heavy (non-hydrogen) atoms. The van der Waals surface area contributed by atoms with Gasteiger partial charge in [0.05, 0.1) is 12.8 Å². The average Bonchev–Trinajstić information content (AvgIpc) is 3.16. The van der Waals surface area contributed by atoms with Gasteiger partial charge in [0.2, 0.25) is 0 Å². The molecule has 0 aliphatic heterocycles. The Bertz CT molecular complexity index is 1320. The molecule has 0 aliphatic rings. The maximum atomic E-state index is 12.8. The summed E-state index contributed by atoms with van der Waals surface area (Å²) in [5.41, 5.74) is 3.30. The second-order valence-corrected chi connectivity index (χ2v) is 10.1. The molecule has 5 nitrogen and oxygen atoms in total. The molecule has 0 bridgehead atoms. The van der Waals surface area contributed by atoms with Crippen LogP contribution in [-0.2, 0) is 10.0 Å². The van der Waals surface area contributed by atoms with Gasteiger partial charge in [0.15, 0.2) is 0 Å². The number of ether oxygens (including phenoxy) is 1. The van der Waals surface area contributed by atoms with E-state index in [1.165, 1.54) is 19.2 Å². The number of halogens is 1. The van der Waals surface area contributed by atoms with E-state index < -0.39 is 10.0 Å². The van der Waals surface area contributed by atoms with Crippen molar-refractivity contribution in [2.45, 2.75) is 11.8 Å². The molecule has 0 radical (unpaired) electrons. The molecule has 0 saturated heterocycles. The van der Waals surface area contributed by atoms with Crippen molar-refractivity contribution in [3.8, 4) is 27.6 Å². The fourth-order valence-corrected chi connectivity index (χ4v) is 5.57. The van der Waals surface area contributed by atoms with E-state index in [1.54, 1.807) is 29.5 Å². The first-order chi connectivity index (χ1) is 14.9. The highest BCUT2D eigenvalue weighted by Crippen LogP contribution is 2.34. The molecule has 0 amide bonds. The van der Waals surface area contributed by atoms with Crippen LogP contribution in [0.4, 0.5) is 5.69 Å². The summed E-state index contributed by atoms with van der Waals surface area (Å²) in [5.74, 6) is 0.222. The zero-order chi connectivity index (χ0) is 22.0. The van der Waals surface area contributed by atoms with Crippen molar-refractivity contribution in [3.63, 3.8) is 0 Å².